The van der Waals surface area contributed by atoms with Crippen LogP contribution in [0.5, 0.6) is 0 Å². The predicted molar refractivity (Wildman–Crippen MR) is 90.3 cm³/mol. The molecule has 2 amide bonds. The second-order valence-corrected chi connectivity index (χ2v) is 6.67. The number of benzene rings is 1. The highest BCUT2D eigenvalue weighted by Gasteiger charge is 2.28. The molecule has 24 heavy (non-hydrogen) atoms. The van der Waals surface area contributed by atoms with Gasteiger partial charge in [-0.3, -0.25) is 9.59 Å². The number of anilines is 1. The number of carbonyl (C=O) groups excluding carboxylic acids is 2. The molecule has 6 heteroatoms. The van der Waals surface area contributed by atoms with Crippen molar-refractivity contribution in [1.29, 1.82) is 0 Å². The first-order chi connectivity index (χ1) is 11.6. The van der Waals surface area contributed by atoms with Gasteiger partial charge in [-0.05, 0) is 49.9 Å². The van der Waals surface area contributed by atoms with Crippen molar-refractivity contribution in [2.24, 2.45) is 11.7 Å². The normalized spacial score (nSPS) is 24.2. The van der Waals surface area contributed by atoms with E-state index < -0.39 is 11.7 Å². The third-order valence-corrected chi connectivity index (χ3v) is 5.11. The highest BCUT2D eigenvalue weighted by Crippen LogP contribution is 2.26. The molecule has 0 radical (unpaired) electrons. The minimum Gasteiger partial charge on any atom is -0.349 e. The Balaban J connectivity index is 1.77. The fourth-order valence-corrected chi connectivity index (χ4v) is 3.70. The van der Waals surface area contributed by atoms with E-state index in [1.54, 1.807) is 11.0 Å². The Morgan fingerprint density at radius 1 is 1.29 bits per heavy atom. The maximum Gasteiger partial charge on any atom is 0.254 e. The maximum atomic E-state index is 14.1. The molecule has 0 unspecified atom stereocenters. The first kappa shape index (κ1) is 16.9. The molecule has 2 atom stereocenters. The van der Waals surface area contributed by atoms with Gasteiger partial charge in [0.25, 0.3) is 5.91 Å². The van der Waals surface area contributed by atoms with Crippen LogP contribution in [0.3, 0.4) is 0 Å². The van der Waals surface area contributed by atoms with Crippen LogP contribution in [0.4, 0.5) is 10.1 Å². The van der Waals surface area contributed by atoms with Crippen molar-refractivity contribution in [3.63, 3.8) is 0 Å². The molecule has 3 rings (SSSR count). The van der Waals surface area contributed by atoms with Crippen molar-refractivity contribution < 1.29 is 14.0 Å². The van der Waals surface area contributed by atoms with Crippen molar-refractivity contribution in [2.75, 3.05) is 18.0 Å². The van der Waals surface area contributed by atoms with Crippen LogP contribution in [0.15, 0.2) is 18.2 Å². The molecular formula is C18H24FN3O2. The number of rotatable bonds is 4. The fraction of sp³-hybridized carbons (Fsp3) is 0.556. The third-order valence-electron chi connectivity index (χ3n) is 5.11. The Bertz CT molecular complexity index is 635. The molecule has 0 bridgehead atoms. The van der Waals surface area contributed by atoms with Crippen LogP contribution in [-0.2, 0) is 4.79 Å². The molecule has 5 nitrogen and oxygen atoms in total. The van der Waals surface area contributed by atoms with E-state index in [0.29, 0.717) is 25.2 Å². The maximum absolute atomic E-state index is 14.1. The Morgan fingerprint density at radius 3 is 2.79 bits per heavy atom. The second-order valence-electron chi connectivity index (χ2n) is 6.67. The number of halogens is 1. The van der Waals surface area contributed by atoms with Crippen LogP contribution >= 0.6 is 0 Å². The lowest BCUT2D eigenvalue weighted by Crippen LogP contribution is -2.45. The van der Waals surface area contributed by atoms with E-state index in [0.717, 1.165) is 32.1 Å². The largest absolute Gasteiger partial charge is 0.349 e. The lowest BCUT2D eigenvalue weighted by Gasteiger charge is -2.31. The summed E-state index contributed by atoms with van der Waals surface area (Å²) in [4.78, 5) is 26.0. The minimum absolute atomic E-state index is 0.00598. The summed E-state index contributed by atoms with van der Waals surface area (Å²) in [5.41, 5.74) is 6.37. The molecule has 1 aromatic rings. The minimum atomic E-state index is -0.567. The molecule has 0 spiro atoms. The summed E-state index contributed by atoms with van der Waals surface area (Å²) in [7, 11) is 0. The van der Waals surface area contributed by atoms with Gasteiger partial charge in [-0.2, -0.15) is 0 Å². The van der Waals surface area contributed by atoms with Crippen LogP contribution in [-0.4, -0.2) is 30.9 Å². The molecule has 1 saturated carbocycles. The molecule has 130 valence electrons. The van der Waals surface area contributed by atoms with Crippen molar-refractivity contribution in [3.05, 3.63) is 29.6 Å². The van der Waals surface area contributed by atoms with Gasteiger partial charge in [0, 0.05) is 24.7 Å². The first-order valence-corrected chi connectivity index (χ1v) is 8.71. The second kappa shape index (κ2) is 7.30. The zero-order valence-electron chi connectivity index (χ0n) is 13.8. The number of amides is 2. The summed E-state index contributed by atoms with van der Waals surface area (Å²) in [6.45, 7) is 1.14. The van der Waals surface area contributed by atoms with E-state index >= 15 is 0 Å². The first-order valence-electron chi connectivity index (χ1n) is 8.71. The topological polar surface area (TPSA) is 75.4 Å². The summed E-state index contributed by atoms with van der Waals surface area (Å²) in [6, 6.07) is 4.29. The quantitative estimate of drug-likeness (QED) is 0.887. The Hall–Kier alpha value is -1.95. The van der Waals surface area contributed by atoms with Gasteiger partial charge < -0.3 is 16.0 Å². The fourth-order valence-electron chi connectivity index (χ4n) is 3.70. The van der Waals surface area contributed by atoms with Crippen molar-refractivity contribution in [2.45, 2.75) is 44.6 Å². The Morgan fingerprint density at radius 2 is 2.08 bits per heavy atom. The summed E-state index contributed by atoms with van der Waals surface area (Å²) < 4.78 is 14.1. The van der Waals surface area contributed by atoms with Crippen molar-refractivity contribution >= 4 is 17.5 Å². The van der Waals surface area contributed by atoms with Gasteiger partial charge in [0.15, 0.2) is 0 Å². The van der Waals surface area contributed by atoms with Gasteiger partial charge in [0.2, 0.25) is 5.91 Å². The van der Waals surface area contributed by atoms with Gasteiger partial charge in [-0.1, -0.05) is 12.8 Å². The smallest absolute Gasteiger partial charge is 0.254 e. The van der Waals surface area contributed by atoms with E-state index in [9.17, 15) is 14.0 Å². The van der Waals surface area contributed by atoms with E-state index in [-0.39, 0.29) is 23.4 Å². The van der Waals surface area contributed by atoms with E-state index in [4.69, 9.17) is 5.73 Å². The van der Waals surface area contributed by atoms with Crippen LogP contribution in [0.25, 0.3) is 0 Å². The summed E-state index contributed by atoms with van der Waals surface area (Å²) in [5.74, 6) is -0.730. The van der Waals surface area contributed by atoms with Gasteiger partial charge in [0.1, 0.15) is 5.82 Å². The average molecular weight is 333 g/mol. The van der Waals surface area contributed by atoms with Crippen LogP contribution in [0.1, 0.15) is 48.9 Å². The molecule has 0 aromatic heterocycles. The molecule has 1 aliphatic heterocycles. The number of nitrogens with zero attached hydrogens (tertiary/aromatic N) is 1. The van der Waals surface area contributed by atoms with Crippen molar-refractivity contribution in [3.8, 4) is 0 Å². The number of hydrogen-bond donors (Lipinski definition) is 2. The van der Waals surface area contributed by atoms with Gasteiger partial charge in [-0.25, -0.2) is 4.39 Å². The Labute approximate surface area is 141 Å². The Kier molecular flexibility index (Phi) is 5.14. The van der Waals surface area contributed by atoms with E-state index in [1.165, 1.54) is 12.1 Å². The molecular weight excluding hydrogens is 309 g/mol. The molecule has 3 N–H and O–H groups in total. The summed E-state index contributed by atoms with van der Waals surface area (Å²) in [6.07, 6.45) is 5.32. The zero-order valence-corrected chi connectivity index (χ0v) is 13.8. The van der Waals surface area contributed by atoms with E-state index in [1.807, 2.05) is 0 Å². The zero-order chi connectivity index (χ0) is 17.1. The number of nitrogens with two attached hydrogens (primary N) is 1. The molecule has 2 fully saturated rings. The molecule has 1 saturated heterocycles. The number of nitrogens with one attached hydrogen (secondary N) is 1. The predicted octanol–water partition coefficient (Wildman–Crippen LogP) is 2.20. The third kappa shape index (κ3) is 3.43. The van der Waals surface area contributed by atoms with Crippen LogP contribution < -0.4 is 16.0 Å². The average Bonchev–Trinajstić information content (AvgIpc) is 3.02. The van der Waals surface area contributed by atoms with Gasteiger partial charge >= 0.3 is 0 Å². The lowest BCUT2D eigenvalue weighted by atomic mass is 9.84. The molecule has 1 heterocycles. The van der Waals surface area contributed by atoms with Gasteiger partial charge in [-0.15, -0.1) is 0 Å². The highest BCUT2D eigenvalue weighted by atomic mass is 19.1. The highest BCUT2D eigenvalue weighted by molar-refractivity contribution is 5.99. The molecule has 1 aliphatic carbocycles. The summed E-state index contributed by atoms with van der Waals surface area (Å²) in [5, 5.41) is 2.94. The molecule has 1 aromatic carbocycles. The molecule has 2 aliphatic rings. The van der Waals surface area contributed by atoms with Crippen LogP contribution in [0.2, 0.25) is 0 Å². The number of hydrogen-bond acceptors (Lipinski definition) is 3. The lowest BCUT2D eigenvalue weighted by molar-refractivity contribution is -0.117. The SMILES string of the molecule is NC[C@@H]1CCCC[C@@H]1NC(=O)c1cc(N2CCCC2=O)ccc1F. The summed E-state index contributed by atoms with van der Waals surface area (Å²) >= 11 is 0. The van der Waals surface area contributed by atoms with Crippen LogP contribution in [0, 0.1) is 11.7 Å². The standard InChI is InChI=1S/C18H24FN3O2/c19-15-8-7-13(22-9-3-6-17(22)23)10-14(15)18(24)21-16-5-2-1-4-12(16)11-20/h7-8,10,12,16H,1-6,9,11,20H2,(H,21,24)/t12-,16-/m0/s1. The van der Waals surface area contributed by atoms with Gasteiger partial charge in [0.05, 0.1) is 5.56 Å². The number of carbonyl (C=O) groups is 2. The van der Waals surface area contributed by atoms with Crippen molar-refractivity contribution in [1.82, 2.24) is 5.32 Å². The monoisotopic (exact) mass is 333 g/mol. The van der Waals surface area contributed by atoms with E-state index in [2.05, 4.69) is 5.32 Å².